The van der Waals surface area contributed by atoms with Crippen LogP contribution in [0.4, 0.5) is 0 Å². The smallest absolute Gasteiger partial charge is 0.306 e. The van der Waals surface area contributed by atoms with Gasteiger partial charge in [-0.15, -0.1) is 0 Å². The second-order valence-electron chi connectivity index (χ2n) is 11.5. The number of allylic oxidation sites excluding steroid dienone is 9. The summed E-state index contributed by atoms with van der Waals surface area (Å²) in [5.41, 5.74) is 0. The maximum absolute atomic E-state index is 12.1. The topological polar surface area (TPSA) is 93.1 Å². The molecule has 0 aliphatic rings. The van der Waals surface area contributed by atoms with Gasteiger partial charge in [-0.05, 0) is 50.9 Å². The van der Waals surface area contributed by atoms with E-state index in [0.717, 1.165) is 57.3 Å². The number of aliphatic hydroxyl groups excluding tert-OH is 2. The molecule has 246 valence electrons. The van der Waals surface area contributed by atoms with Crippen molar-refractivity contribution in [2.45, 2.75) is 142 Å². The van der Waals surface area contributed by atoms with E-state index in [9.17, 15) is 19.8 Å². The fourth-order valence-electron chi connectivity index (χ4n) is 4.19. The van der Waals surface area contributed by atoms with Crippen molar-refractivity contribution in [2.75, 3.05) is 13.2 Å². The zero-order chi connectivity index (χ0) is 31.8. The van der Waals surface area contributed by atoms with Crippen molar-refractivity contribution in [2.24, 2.45) is 5.92 Å². The third kappa shape index (κ3) is 30.8. The molecule has 0 radical (unpaired) electrons. The third-order valence-electron chi connectivity index (χ3n) is 6.91. The first-order valence-electron chi connectivity index (χ1n) is 16.8. The molecule has 2 N–H and O–H groups in total. The van der Waals surface area contributed by atoms with E-state index in [1.807, 2.05) is 19.1 Å². The van der Waals surface area contributed by atoms with Gasteiger partial charge in [0.1, 0.15) is 6.61 Å². The summed E-state index contributed by atoms with van der Waals surface area (Å²) in [6.45, 7) is 6.02. The third-order valence-corrected chi connectivity index (χ3v) is 6.91. The van der Waals surface area contributed by atoms with Gasteiger partial charge in [0, 0.05) is 12.8 Å². The Morgan fingerprint density at radius 3 is 1.86 bits per heavy atom. The number of hydrogen-bond acceptors (Lipinski definition) is 6. The molecule has 0 aromatic carbocycles. The van der Waals surface area contributed by atoms with Crippen LogP contribution in [0.1, 0.15) is 130 Å². The number of carbonyl (C=O) groups is 2. The van der Waals surface area contributed by atoms with Crippen LogP contribution in [0.15, 0.2) is 60.8 Å². The molecule has 6 heteroatoms. The number of aliphatic hydroxyl groups is 2. The molecule has 0 heterocycles. The van der Waals surface area contributed by atoms with Crippen molar-refractivity contribution in [1.29, 1.82) is 0 Å². The van der Waals surface area contributed by atoms with Gasteiger partial charge < -0.3 is 19.7 Å². The minimum Gasteiger partial charge on any atom is -0.462 e. The summed E-state index contributed by atoms with van der Waals surface area (Å²) in [6.07, 6.45) is 35.2. The lowest BCUT2D eigenvalue weighted by Crippen LogP contribution is -2.28. The molecule has 0 rings (SSSR count). The Morgan fingerprint density at radius 2 is 1.26 bits per heavy atom. The van der Waals surface area contributed by atoms with Crippen molar-refractivity contribution in [3.05, 3.63) is 60.8 Å². The highest BCUT2D eigenvalue weighted by molar-refractivity contribution is 5.70. The van der Waals surface area contributed by atoms with E-state index in [1.165, 1.54) is 38.5 Å². The normalized spacial score (nSPS) is 13.8. The quantitative estimate of drug-likeness (QED) is 0.0402. The van der Waals surface area contributed by atoms with Gasteiger partial charge in [0.15, 0.2) is 6.10 Å². The first-order valence-corrected chi connectivity index (χ1v) is 16.8. The molecule has 0 fully saturated rings. The molecular formula is C37H62O6. The molecule has 0 aliphatic heterocycles. The number of hydrogen-bond donors (Lipinski definition) is 2. The van der Waals surface area contributed by atoms with Gasteiger partial charge in [-0.25, -0.2) is 0 Å². The van der Waals surface area contributed by atoms with Crippen LogP contribution in [0.5, 0.6) is 0 Å². The van der Waals surface area contributed by atoms with Gasteiger partial charge in [-0.1, -0.05) is 133 Å². The molecule has 0 saturated heterocycles. The number of carbonyl (C=O) groups excluding carboxylic acids is 2. The molecule has 0 spiro atoms. The maximum Gasteiger partial charge on any atom is 0.306 e. The van der Waals surface area contributed by atoms with Crippen LogP contribution >= 0.6 is 0 Å². The monoisotopic (exact) mass is 602 g/mol. The van der Waals surface area contributed by atoms with Crippen LogP contribution in [0.25, 0.3) is 0 Å². The molecule has 0 aliphatic carbocycles. The highest BCUT2D eigenvalue weighted by atomic mass is 16.6. The second kappa shape index (κ2) is 31.0. The van der Waals surface area contributed by atoms with Gasteiger partial charge >= 0.3 is 11.9 Å². The molecule has 0 unspecified atom stereocenters. The average Bonchev–Trinajstić information content (AvgIpc) is 2.99. The summed E-state index contributed by atoms with van der Waals surface area (Å²) in [4.78, 5) is 24.1. The summed E-state index contributed by atoms with van der Waals surface area (Å²) in [6, 6.07) is 0. The van der Waals surface area contributed by atoms with Crippen LogP contribution in [0.3, 0.4) is 0 Å². The highest BCUT2D eigenvalue weighted by Gasteiger charge is 2.16. The zero-order valence-electron chi connectivity index (χ0n) is 27.5. The van der Waals surface area contributed by atoms with E-state index >= 15 is 0 Å². The Labute approximate surface area is 263 Å². The minimum atomic E-state index is -0.803. The van der Waals surface area contributed by atoms with Crippen LogP contribution in [0, 0.1) is 5.92 Å². The Kier molecular flexibility index (Phi) is 29.2. The van der Waals surface area contributed by atoms with Crippen LogP contribution in [-0.4, -0.2) is 47.6 Å². The second-order valence-corrected chi connectivity index (χ2v) is 11.5. The van der Waals surface area contributed by atoms with E-state index < -0.39 is 6.10 Å². The number of ether oxygens (including phenoxy) is 2. The predicted molar refractivity (Wildman–Crippen MR) is 179 cm³/mol. The molecule has 0 amide bonds. The predicted octanol–water partition coefficient (Wildman–Crippen LogP) is 8.88. The van der Waals surface area contributed by atoms with Crippen molar-refractivity contribution >= 4 is 11.9 Å². The van der Waals surface area contributed by atoms with Crippen molar-refractivity contribution in [3.8, 4) is 0 Å². The van der Waals surface area contributed by atoms with E-state index in [2.05, 4.69) is 56.4 Å². The van der Waals surface area contributed by atoms with Gasteiger partial charge in [0.25, 0.3) is 0 Å². The Bertz CT molecular complexity index is 808. The molecule has 6 nitrogen and oxygen atoms in total. The Morgan fingerprint density at radius 1 is 0.698 bits per heavy atom. The molecule has 43 heavy (non-hydrogen) atoms. The maximum atomic E-state index is 12.1. The van der Waals surface area contributed by atoms with Gasteiger partial charge in [0.05, 0.1) is 12.7 Å². The van der Waals surface area contributed by atoms with E-state index in [-0.39, 0.29) is 37.7 Å². The summed E-state index contributed by atoms with van der Waals surface area (Å²) in [7, 11) is 0. The van der Waals surface area contributed by atoms with Crippen LogP contribution in [-0.2, 0) is 19.1 Å². The van der Waals surface area contributed by atoms with E-state index in [4.69, 9.17) is 9.47 Å². The molecule has 0 bridgehead atoms. The van der Waals surface area contributed by atoms with Gasteiger partial charge in [0.2, 0.25) is 0 Å². The molecule has 0 aromatic heterocycles. The highest BCUT2D eigenvalue weighted by Crippen LogP contribution is 2.13. The van der Waals surface area contributed by atoms with Crippen molar-refractivity contribution in [3.63, 3.8) is 0 Å². The first kappa shape index (κ1) is 40.6. The van der Waals surface area contributed by atoms with Gasteiger partial charge in [-0.2, -0.15) is 0 Å². The number of unbranched alkanes of at least 4 members (excludes halogenated alkanes) is 8. The summed E-state index contributed by atoms with van der Waals surface area (Å²) >= 11 is 0. The lowest BCUT2D eigenvalue weighted by Gasteiger charge is -2.15. The lowest BCUT2D eigenvalue weighted by molar-refractivity contribution is -0.161. The molecular weight excluding hydrogens is 540 g/mol. The van der Waals surface area contributed by atoms with E-state index in [1.54, 1.807) is 6.08 Å². The van der Waals surface area contributed by atoms with Crippen LogP contribution in [0.2, 0.25) is 0 Å². The fourth-order valence-corrected chi connectivity index (χ4v) is 4.19. The minimum absolute atomic E-state index is 0.108. The largest absolute Gasteiger partial charge is 0.462 e. The van der Waals surface area contributed by atoms with Gasteiger partial charge in [-0.3, -0.25) is 9.59 Å². The SMILES string of the molecule is CC[C@H](O)/C=C/C=C\C/C=C\C/C=C\C/C=C\CCCC(=O)OC[C@H](CO)OC(=O)CCCCCCCCCCC(C)C. The van der Waals surface area contributed by atoms with Crippen molar-refractivity contribution < 1.29 is 29.3 Å². The fraction of sp³-hybridized carbons (Fsp3) is 0.676. The summed E-state index contributed by atoms with van der Waals surface area (Å²) in [5.74, 6) is 0.108. The number of rotatable bonds is 28. The Balaban J connectivity index is 3.76. The molecule has 0 aromatic rings. The summed E-state index contributed by atoms with van der Waals surface area (Å²) in [5, 5.41) is 18.9. The summed E-state index contributed by atoms with van der Waals surface area (Å²) < 4.78 is 10.5. The zero-order valence-corrected chi connectivity index (χ0v) is 27.5. The van der Waals surface area contributed by atoms with E-state index in [0.29, 0.717) is 12.8 Å². The number of esters is 2. The first-order chi connectivity index (χ1) is 20.9. The lowest BCUT2D eigenvalue weighted by atomic mass is 10.0. The van der Waals surface area contributed by atoms with Crippen LogP contribution < -0.4 is 0 Å². The average molecular weight is 603 g/mol. The standard InChI is InChI=1S/C37H62O6/c1-4-34(39)28-24-20-16-11-9-7-5-6-8-10-12-17-21-25-29-36(40)42-32-35(31-38)43-37(41)30-26-22-18-14-13-15-19-23-27-33(2)3/h6-9,12,16-17,20,24,28,33-35,38-39H,4-5,10-11,13-15,18-19,21-23,25-27,29-32H2,1-3H3/b8-6-,9-7-,17-12-,20-16-,28-24+/t34-,35-/m0/s1. The van der Waals surface area contributed by atoms with Crippen molar-refractivity contribution in [1.82, 2.24) is 0 Å². The molecule has 2 atom stereocenters. The molecule has 0 saturated carbocycles. The Hall–Kier alpha value is -2.44.